The first kappa shape index (κ1) is 18.4. The zero-order valence-corrected chi connectivity index (χ0v) is 13.6. The maximum Gasteiger partial charge on any atom is 0.120 e. The van der Waals surface area contributed by atoms with E-state index in [1.165, 1.54) is 19.3 Å². The second kappa shape index (κ2) is 8.08. The fraction of sp³-hybridized carbons (Fsp3) is 0.600. The molecule has 2 fully saturated rings. The van der Waals surface area contributed by atoms with E-state index in [1.54, 1.807) is 18.2 Å². The maximum absolute atomic E-state index is 10.2. The summed E-state index contributed by atoms with van der Waals surface area (Å²) < 4.78 is 0. The first-order valence-electron chi connectivity index (χ1n) is 7.22. The molecule has 1 saturated carbocycles. The second-order valence-electron chi connectivity index (χ2n) is 5.66. The van der Waals surface area contributed by atoms with Crippen LogP contribution in [0.2, 0.25) is 0 Å². The zero-order valence-electron chi connectivity index (χ0n) is 12.0. The minimum atomic E-state index is 0. The van der Waals surface area contributed by atoms with Gasteiger partial charge in [-0.25, -0.2) is 0 Å². The summed E-state index contributed by atoms with van der Waals surface area (Å²) in [6, 6.07) is 5.15. The standard InChI is InChI=1S/C15H22N2O2.2ClH/c18-12-4-5-14(19)13(10-12)15(11-2-1-3-11)17-8-6-16-7-9-17;;/h4-5,10-11,15-16,18-19H,1-3,6-9H2;2*1H/t15-;;/m1../s1. The Morgan fingerprint density at radius 1 is 1.10 bits per heavy atom. The Labute approximate surface area is 138 Å². The van der Waals surface area contributed by atoms with Crippen molar-refractivity contribution in [1.29, 1.82) is 0 Å². The summed E-state index contributed by atoms with van der Waals surface area (Å²) in [6.45, 7) is 4.03. The van der Waals surface area contributed by atoms with Gasteiger partial charge in [-0.05, 0) is 37.0 Å². The SMILES string of the molecule is Cl.Cl.Oc1ccc(O)c([C@@H](C2CCC2)N2CCNCC2)c1. The third-order valence-electron chi connectivity index (χ3n) is 4.47. The Bertz CT molecular complexity index is 449. The summed E-state index contributed by atoms with van der Waals surface area (Å²) in [5, 5.41) is 23.2. The lowest BCUT2D eigenvalue weighted by Crippen LogP contribution is -2.47. The first-order chi connectivity index (χ1) is 9.25. The molecule has 1 aromatic carbocycles. The van der Waals surface area contributed by atoms with Crippen molar-refractivity contribution in [2.75, 3.05) is 26.2 Å². The molecule has 0 amide bonds. The molecule has 120 valence electrons. The van der Waals surface area contributed by atoms with Crippen LogP contribution in [0.15, 0.2) is 18.2 Å². The Balaban J connectivity index is 0.00000110. The molecular formula is C15H24Cl2N2O2. The van der Waals surface area contributed by atoms with Crippen molar-refractivity contribution >= 4 is 24.8 Å². The first-order valence-corrected chi connectivity index (χ1v) is 7.22. The number of hydrogen-bond donors (Lipinski definition) is 3. The van der Waals surface area contributed by atoms with Gasteiger partial charge in [0.1, 0.15) is 11.5 Å². The fourth-order valence-corrected chi connectivity index (χ4v) is 3.24. The average molecular weight is 335 g/mol. The summed E-state index contributed by atoms with van der Waals surface area (Å²) in [5.41, 5.74) is 0.895. The van der Waals surface area contributed by atoms with Crippen LogP contribution >= 0.6 is 24.8 Å². The van der Waals surface area contributed by atoms with Crippen LogP contribution in [-0.2, 0) is 0 Å². The number of nitrogens with zero attached hydrogens (tertiary/aromatic N) is 1. The Hall–Kier alpha value is -0.680. The van der Waals surface area contributed by atoms with Crippen LogP contribution in [0.5, 0.6) is 11.5 Å². The number of aromatic hydroxyl groups is 2. The number of benzene rings is 1. The van der Waals surface area contributed by atoms with Crippen LogP contribution < -0.4 is 5.32 Å². The molecule has 0 spiro atoms. The van der Waals surface area contributed by atoms with Gasteiger partial charge in [-0.2, -0.15) is 0 Å². The minimum absolute atomic E-state index is 0. The fourth-order valence-electron chi connectivity index (χ4n) is 3.24. The highest BCUT2D eigenvalue weighted by atomic mass is 35.5. The van der Waals surface area contributed by atoms with Crippen molar-refractivity contribution in [1.82, 2.24) is 10.2 Å². The van der Waals surface area contributed by atoms with Gasteiger partial charge in [0.2, 0.25) is 0 Å². The van der Waals surface area contributed by atoms with Crippen molar-refractivity contribution in [2.45, 2.75) is 25.3 Å². The molecule has 3 rings (SSSR count). The second-order valence-corrected chi connectivity index (χ2v) is 5.66. The molecule has 2 aliphatic rings. The van der Waals surface area contributed by atoms with E-state index < -0.39 is 0 Å². The van der Waals surface area contributed by atoms with Crippen LogP contribution in [0.3, 0.4) is 0 Å². The van der Waals surface area contributed by atoms with E-state index in [2.05, 4.69) is 10.2 Å². The van der Waals surface area contributed by atoms with Gasteiger partial charge in [0.25, 0.3) is 0 Å². The number of phenols is 2. The highest BCUT2D eigenvalue weighted by molar-refractivity contribution is 5.85. The van der Waals surface area contributed by atoms with E-state index in [0.717, 1.165) is 31.7 Å². The highest BCUT2D eigenvalue weighted by Crippen LogP contribution is 2.44. The summed E-state index contributed by atoms with van der Waals surface area (Å²) in [5.74, 6) is 1.17. The van der Waals surface area contributed by atoms with E-state index >= 15 is 0 Å². The van der Waals surface area contributed by atoms with Gasteiger partial charge in [0.05, 0.1) is 0 Å². The predicted octanol–water partition coefficient (Wildman–Crippen LogP) is 2.69. The molecule has 1 saturated heterocycles. The van der Waals surface area contributed by atoms with Gasteiger partial charge in [-0.15, -0.1) is 24.8 Å². The van der Waals surface area contributed by atoms with Crippen molar-refractivity contribution in [3.05, 3.63) is 23.8 Å². The summed E-state index contributed by atoms with van der Waals surface area (Å²) in [6.07, 6.45) is 3.74. The zero-order chi connectivity index (χ0) is 13.2. The molecule has 3 N–H and O–H groups in total. The van der Waals surface area contributed by atoms with Crippen molar-refractivity contribution in [3.63, 3.8) is 0 Å². The summed E-state index contributed by atoms with van der Waals surface area (Å²) in [7, 11) is 0. The molecule has 1 aliphatic heterocycles. The molecule has 0 unspecified atom stereocenters. The van der Waals surface area contributed by atoms with E-state index in [-0.39, 0.29) is 36.6 Å². The molecule has 1 aromatic rings. The van der Waals surface area contributed by atoms with Gasteiger partial charge >= 0.3 is 0 Å². The third-order valence-corrected chi connectivity index (χ3v) is 4.47. The molecule has 4 nitrogen and oxygen atoms in total. The number of rotatable bonds is 3. The van der Waals surface area contributed by atoms with E-state index in [4.69, 9.17) is 0 Å². The summed E-state index contributed by atoms with van der Waals surface area (Å²) in [4.78, 5) is 2.45. The van der Waals surface area contributed by atoms with Crippen LogP contribution in [-0.4, -0.2) is 41.3 Å². The average Bonchev–Trinajstić information content (AvgIpc) is 2.38. The lowest BCUT2D eigenvalue weighted by molar-refractivity contribution is 0.0818. The van der Waals surface area contributed by atoms with Crippen molar-refractivity contribution < 1.29 is 10.2 Å². The Kier molecular flexibility index (Phi) is 7.07. The molecule has 1 atom stereocenters. The van der Waals surface area contributed by atoms with Crippen LogP contribution in [0.25, 0.3) is 0 Å². The molecule has 0 radical (unpaired) electrons. The Morgan fingerprint density at radius 3 is 2.33 bits per heavy atom. The molecule has 6 heteroatoms. The normalized spacial score (nSPS) is 20.8. The van der Waals surface area contributed by atoms with Gasteiger partial charge < -0.3 is 15.5 Å². The van der Waals surface area contributed by atoms with E-state index in [1.807, 2.05) is 0 Å². The molecule has 0 bridgehead atoms. The smallest absolute Gasteiger partial charge is 0.120 e. The van der Waals surface area contributed by atoms with Crippen molar-refractivity contribution in [3.8, 4) is 11.5 Å². The molecule has 0 aromatic heterocycles. The van der Waals surface area contributed by atoms with Gasteiger partial charge in [0, 0.05) is 37.8 Å². The number of piperazine rings is 1. The maximum atomic E-state index is 10.2. The number of hydrogen-bond acceptors (Lipinski definition) is 4. The quantitative estimate of drug-likeness (QED) is 0.744. The number of phenolic OH excluding ortho intramolecular Hbond substituents is 2. The van der Waals surface area contributed by atoms with Gasteiger partial charge in [-0.3, -0.25) is 4.90 Å². The summed E-state index contributed by atoms with van der Waals surface area (Å²) >= 11 is 0. The van der Waals surface area contributed by atoms with Crippen LogP contribution in [0, 0.1) is 5.92 Å². The van der Waals surface area contributed by atoms with Crippen molar-refractivity contribution in [2.24, 2.45) is 5.92 Å². The monoisotopic (exact) mass is 334 g/mol. The van der Waals surface area contributed by atoms with E-state index in [9.17, 15) is 10.2 Å². The lowest BCUT2D eigenvalue weighted by atomic mass is 9.76. The highest BCUT2D eigenvalue weighted by Gasteiger charge is 2.35. The third kappa shape index (κ3) is 3.95. The number of halogens is 2. The molecule has 21 heavy (non-hydrogen) atoms. The topological polar surface area (TPSA) is 55.7 Å². The Morgan fingerprint density at radius 2 is 1.76 bits per heavy atom. The lowest BCUT2D eigenvalue weighted by Gasteiger charge is -2.43. The van der Waals surface area contributed by atoms with Gasteiger partial charge in [0.15, 0.2) is 0 Å². The van der Waals surface area contributed by atoms with Gasteiger partial charge in [-0.1, -0.05) is 6.42 Å². The molecule has 1 heterocycles. The minimum Gasteiger partial charge on any atom is -0.508 e. The van der Waals surface area contributed by atoms with Crippen LogP contribution in [0.4, 0.5) is 0 Å². The predicted molar refractivity (Wildman–Crippen MR) is 88.8 cm³/mol. The molecule has 1 aliphatic carbocycles. The largest absolute Gasteiger partial charge is 0.508 e. The van der Waals surface area contributed by atoms with Crippen LogP contribution in [0.1, 0.15) is 30.9 Å². The number of nitrogens with one attached hydrogen (secondary N) is 1. The molecular weight excluding hydrogens is 311 g/mol. The van der Waals surface area contributed by atoms with E-state index in [0.29, 0.717) is 11.7 Å².